The Kier molecular flexibility index (Phi) is 4.94. The fourth-order valence-corrected chi connectivity index (χ4v) is 2.69. The molecule has 3 nitrogen and oxygen atoms in total. The maximum atomic E-state index is 4.81. The van der Waals surface area contributed by atoms with Gasteiger partial charge in [0.1, 0.15) is 5.82 Å². The Morgan fingerprint density at radius 2 is 1.67 bits per heavy atom. The Morgan fingerprint density at radius 3 is 2.24 bits per heavy atom. The predicted octanol–water partition coefficient (Wildman–Crippen LogP) is 4.45. The molecular weight excluding hydrogens is 258 g/mol. The summed E-state index contributed by atoms with van der Waals surface area (Å²) in [5.74, 6) is 1.82. The molecule has 0 aliphatic rings. The molecule has 0 spiro atoms. The Morgan fingerprint density at radius 1 is 1.00 bits per heavy atom. The topological polar surface area (TPSA) is 37.8 Å². The van der Waals surface area contributed by atoms with Crippen LogP contribution in [0.2, 0.25) is 0 Å². The molecule has 0 radical (unpaired) electrons. The van der Waals surface area contributed by atoms with E-state index in [1.807, 2.05) is 0 Å². The van der Waals surface area contributed by atoms with Gasteiger partial charge in [-0.25, -0.2) is 9.97 Å². The van der Waals surface area contributed by atoms with Gasteiger partial charge >= 0.3 is 0 Å². The second-order valence-electron chi connectivity index (χ2n) is 5.51. The normalized spacial score (nSPS) is 10.7. The first kappa shape index (κ1) is 15.5. The third-order valence-corrected chi connectivity index (χ3v) is 3.81. The third-order valence-electron chi connectivity index (χ3n) is 3.81. The molecule has 0 aliphatic carbocycles. The lowest BCUT2D eigenvalue weighted by Gasteiger charge is -2.15. The minimum Gasteiger partial charge on any atom is -0.370 e. The molecule has 0 unspecified atom stereocenters. The molecular formula is C18H25N3. The molecule has 0 fully saturated rings. The summed E-state index contributed by atoms with van der Waals surface area (Å²) in [4.78, 5) is 9.57. The highest BCUT2D eigenvalue weighted by Crippen LogP contribution is 2.27. The lowest BCUT2D eigenvalue weighted by atomic mass is 10.0. The molecule has 0 aliphatic heterocycles. The zero-order valence-corrected chi connectivity index (χ0v) is 13.7. The van der Waals surface area contributed by atoms with Gasteiger partial charge in [0.2, 0.25) is 0 Å². The van der Waals surface area contributed by atoms with Crippen LogP contribution in [-0.2, 0) is 6.42 Å². The summed E-state index contributed by atoms with van der Waals surface area (Å²) < 4.78 is 0. The van der Waals surface area contributed by atoms with E-state index in [2.05, 4.69) is 58.1 Å². The Balaban J connectivity index is 2.57. The van der Waals surface area contributed by atoms with E-state index in [4.69, 9.17) is 9.97 Å². The number of hydrogen-bond donors (Lipinski definition) is 1. The van der Waals surface area contributed by atoms with Gasteiger partial charge in [-0.3, -0.25) is 0 Å². The van der Waals surface area contributed by atoms with Crippen molar-refractivity contribution in [2.75, 3.05) is 11.9 Å². The van der Waals surface area contributed by atoms with Crippen LogP contribution < -0.4 is 5.32 Å². The van der Waals surface area contributed by atoms with Crippen molar-refractivity contribution in [3.05, 3.63) is 40.6 Å². The quantitative estimate of drug-likeness (QED) is 0.880. The summed E-state index contributed by atoms with van der Waals surface area (Å²) >= 11 is 0. The zero-order chi connectivity index (χ0) is 15.4. The molecule has 0 saturated heterocycles. The number of nitrogens with zero attached hydrogens (tertiary/aromatic N) is 2. The van der Waals surface area contributed by atoms with E-state index in [1.54, 1.807) is 0 Å². The van der Waals surface area contributed by atoms with Gasteiger partial charge in [-0.1, -0.05) is 32.0 Å². The average molecular weight is 283 g/mol. The number of rotatable bonds is 5. The summed E-state index contributed by atoms with van der Waals surface area (Å²) in [6, 6.07) is 6.32. The van der Waals surface area contributed by atoms with E-state index in [0.29, 0.717) is 0 Å². The van der Waals surface area contributed by atoms with Gasteiger partial charge in [-0.2, -0.15) is 0 Å². The van der Waals surface area contributed by atoms with Gasteiger partial charge in [0, 0.05) is 23.4 Å². The molecule has 1 aromatic heterocycles. The molecule has 2 rings (SSSR count). The van der Waals surface area contributed by atoms with Gasteiger partial charge in [-0.15, -0.1) is 0 Å². The van der Waals surface area contributed by atoms with E-state index in [0.717, 1.165) is 42.3 Å². The molecule has 0 atom stereocenters. The van der Waals surface area contributed by atoms with Crippen LogP contribution in [0, 0.1) is 20.8 Å². The molecule has 0 bridgehead atoms. The van der Waals surface area contributed by atoms with Crippen LogP contribution in [0.1, 0.15) is 42.7 Å². The second kappa shape index (κ2) is 6.70. The Labute approximate surface area is 127 Å². The van der Waals surface area contributed by atoms with Crippen LogP contribution >= 0.6 is 0 Å². The summed E-state index contributed by atoms with van der Waals surface area (Å²) in [5.41, 5.74) is 5.89. The van der Waals surface area contributed by atoms with Gasteiger partial charge in [-0.05, 0) is 44.7 Å². The van der Waals surface area contributed by atoms with E-state index >= 15 is 0 Å². The van der Waals surface area contributed by atoms with Crippen molar-refractivity contribution in [3.63, 3.8) is 0 Å². The second-order valence-corrected chi connectivity index (χ2v) is 5.51. The first-order valence-corrected chi connectivity index (χ1v) is 7.76. The SMILES string of the molecule is CCCNc1nc(-c2c(C)cccc2C)nc(C)c1CC. The van der Waals surface area contributed by atoms with Gasteiger partial charge in [0.15, 0.2) is 5.82 Å². The molecule has 1 N–H and O–H groups in total. The van der Waals surface area contributed by atoms with Crippen molar-refractivity contribution < 1.29 is 0 Å². The Hall–Kier alpha value is -1.90. The largest absolute Gasteiger partial charge is 0.370 e. The van der Waals surface area contributed by atoms with Crippen LogP contribution in [0.25, 0.3) is 11.4 Å². The monoisotopic (exact) mass is 283 g/mol. The number of nitrogens with one attached hydrogen (secondary N) is 1. The molecule has 0 saturated carbocycles. The zero-order valence-electron chi connectivity index (χ0n) is 13.7. The molecule has 112 valence electrons. The summed E-state index contributed by atoms with van der Waals surface area (Å²) in [5, 5.41) is 3.45. The van der Waals surface area contributed by atoms with Crippen molar-refractivity contribution in [1.29, 1.82) is 0 Å². The minimum atomic E-state index is 0.832. The highest BCUT2D eigenvalue weighted by molar-refractivity contribution is 5.66. The maximum absolute atomic E-state index is 4.81. The number of anilines is 1. The van der Waals surface area contributed by atoms with Crippen molar-refractivity contribution in [3.8, 4) is 11.4 Å². The first-order valence-electron chi connectivity index (χ1n) is 7.76. The number of aromatic nitrogens is 2. The maximum Gasteiger partial charge on any atom is 0.162 e. The van der Waals surface area contributed by atoms with Gasteiger partial charge < -0.3 is 5.32 Å². The third kappa shape index (κ3) is 3.23. The van der Waals surface area contributed by atoms with E-state index in [1.165, 1.54) is 16.7 Å². The fourth-order valence-electron chi connectivity index (χ4n) is 2.69. The fraction of sp³-hybridized carbons (Fsp3) is 0.444. The van der Waals surface area contributed by atoms with E-state index in [-0.39, 0.29) is 0 Å². The van der Waals surface area contributed by atoms with Gasteiger partial charge in [0.25, 0.3) is 0 Å². The van der Waals surface area contributed by atoms with Crippen LogP contribution in [-0.4, -0.2) is 16.5 Å². The average Bonchev–Trinajstić information content (AvgIpc) is 2.44. The highest BCUT2D eigenvalue weighted by Gasteiger charge is 2.14. The molecule has 21 heavy (non-hydrogen) atoms. The van der Waals surface area contributed by atoms with E-state index < -0.39 is 0 Å². The van der Waals surface area contributed by atoms with Crippen LogP contribution in [0.5, 0.6) is 0 Å². The molecule has 0 amide bonds. The smallest absolute Gasteiger partial charge is 0.162 e. The van der Waals surface area contributed by atoms with Crippen LogP contribution in [0.15, 0.2) is 18.2 Å². The molecule has 1 aromatic carbocycles. The van der Waals surface area contributed by atoms with Crippen molar-refractivity contribution in [2.45, 2.75) is 47.5 Å². The number of hydrogen-bond acceptors (Lipinski definition) is 3. The molecule has 2 aromatic rings. The van der Waals surface area contributed by atoms with Crippen molar-refractivity contribution >= 4 is 5.82 Å². The van der Waals surface area contributed by atoms with Crippen LogP contribution in [0.4, 0.5) is 5.82 Å². The standard InChI is InChI=1S/C18H25N3/c1-6-11-19-17-15(7-2)14(5)20-18(21-17)16-12(3)9-8-10-13(16)4/h8-10H,6-7,11H2,1-5H3,(H,19,20,21). The number of benzene rings is 1. The van der Waals surface area contributed by atoms with Gasteiger partial charge in [0.05, 0.1) is 0 Å². The van der Waals surface area contributed by atoms with Crippen LogP contribution in [0.3, 0.4) is 0 Å². The Bertz CT molecular complexity index is 612. The summed E-state index contributed by atoms with van der Waals surface area (Å²) in [6.45, 7) is 11.6. The lowest BCUT2D eigenvalue weighted by molar-refractivity contribution is 0.937. The summed E-state index contributed by atoms with van der Waals surface area (Å²) in [7, 11) is 0. The summed E-state index contributed by atoms with van der Waals surface area (Å²) in [6.07, 6.45) is 2.04. The van der Waals surface area contributed by atoms with Crippen molar-refractivity contribution in [1.82, 2.24) is 9.97 Å². The van der Waals surface area contributed by atoms with Crippen molar-refractivity contribution in [2.24, 2.45) is 0 Å². The highest BCUT2D eigenvalue weighted by atomic mass is 15.0. The number of aryl methyl sites for hydroxylation is 3. The molecule has 1 heterocycles. The first-order chi connectivity index (χ1) is 10.1. The minimum absolute atomic E-state index is 0.832. The van der Waals surface area contributed by atoms with E-state index in [9.17, 15) is 0 Å². The lowest BCUT2D eigenvalue weighted by Crippen LogP contribution is -2.09. The molecule has 3 heteroatoms. The predicted molar refractivity (Wildman–Crippen MR) is 89.8 cm³/mol.